The van der Waals surface area contributed by atoms with E-state index in [2.05, 4.69) is 18.2 Å². The van der Waals surface area contributed by atoms with Gasteiger partial charge in [0, 0.05) is 32.3 Å². The van der Waals surface area contributed by atoms with Crippen LogP contribution in [0.5, 0.6) is 0 Å². The standard InChI is InChI=1S/C16H25N3O2/c1-13-10-17-19(11-13)14-4-2-8-18(12-14)16(20)7-6-15-5-3-9-21-15/h10-11,14-15H,2-9,12H2,1H3/t14-,15-/m1/s1. The van der Waals surface area contributed by atoms with Crippen molar-refractivity contribution in [2.24, 2.45) is 0 Å². The summed E-state index contributed by atoms with van der Waals surface area (Å²) < 4.78 is 7.62. The van der Waals surface area contributed by atoms with Crippen LogP contribution in [0.4, 0.5) is 0 Å². The Bertz CT molecular complexity index is 480. The first-order valence-corrected chi connectivity index (χ1v) is 8.12. The number of amides is 1. The molecular formula is C16H25N3O2. The number of piperidine rings is 1. The van der Waals surface area contributed by atoms with E-state index in [0.29, 0.717) is 18.6 Å². The maximum Gasteiger partial charge on any atom is 0.222 e. The van der Waals surface area contributed by atoms with Gasteiger partial charge in [0.2, 0.25) is 5.91 Å². The molecule has 0 saturated carbocycles. The minimum absolute atomic E-state index is 0.277. The lowest BCUT2D eigenvalue weighted by Crippen LogP contribution is -2.41. The van der Waals surface area contributed by atoms with Crippen LogP contribution < -0.4 is 0 Å². The van der Waals surface area contributed by atoms with Crippen LogP contribution in [-0.2, 0) is 9.53 Å². The predicted octanol–water partition coefficient (Wildman–Crippen LogP) is 2.31. The van der Waals surface area contributed by atoms with Crippen molar-refractivity contribution in [3.05, 3.63) is 18.0 Å². The van der Waals surface area contributed by atoms with Crippen LogP contribution in [0.25, 0.3) is 0 Å². The first-order chi connectivity index (χ1) is 10.2. The zero-order valence-electron chi connectivity index (χ0n) is 12.8. The van der Waals surface area contributed by atoms with Gasteiger partial charge in [-0.15, -0.1) is 0 Å². The van der Waals surface area contributed by atoms with E-state index in [1.807, 2.05) is 15.8 Å². The second-order valence-corrected chi connectivity index (χ2v) is 6.31. The zero-order chi connectivity index (χ0) is 14.7. The highest BCUT2D eigenvalue weighted by Gasteiger charge is 2.26. The summed E-state index contributed by atoms with van der Waals surface area (Å²) >= 11 is 0. The molecule has 0 unspecified atom stereocenters. The topological polar surface area (TPSA) is 47.4 Å². The molecular weight excluding hydrogens is 266 g/mol. The van der Waals surface area contributed by atoms with E-state index in [9.17, 15) is 4.79 Å². The van der Waals surface area contributed by atoms with Gasteiger partial charge >= 0.3 is 0 Å². The SMILES string of the molecule is Cc1cnn([C@@H]2CCCN(C(=O)CC[C@H]3CCCO3)C2)c1. The molecule has 0 aliphatic carbocycles. The molecule has 0 N–H and O–H groups in total. The van der Waals surface area contributed by atoms with Crippen LogP contribution in [-0.4, -0.2) is 46.4 Å². The largest absolute Gasteiger partial charge is 0.378 e. The van der Waals surface area contributed by atoms with Crippen molar-refractivity contribution >= 4 is 5.91 Å². The third-order valence-electron chi connectivity index (χ3n) is 4.56. The molecule has 3 rings (SSSR count). The Morgan fingerprint density at radius 3 is 3.05 bits per heavy atom. The Hall–Kier alpha value is -1.36. The van der Waals surface area contributed by atoms with Crippen molar-refractivity contribution in [1.82, 2.24) is 14.7 Å². The van der Waals surface area contributed by atoms with E-state index in [1.54, 1.807) is 0 Å². The summed E-state index contributed by atoms with van der Waals surface area (Å²) in [6, 6.07) is 0.333. The Labute approximate surface area is 126 Å². The first kappa shape index (κ1) is 14.6. The van der Waals surface area contributed by atoms with E-state index in [4.69, 9.17) is 4.74 Å². The number of hydrogen-bond acceptors (Lipinski definition) is 3. The molecule has 5 heteroatoms. The molecule has 116 valence electrons. The number of aryl methyl sites for hydroxylation is 1. The van der Waals surface area contributed by atoms with Crippen molar-refractivity contribution in [3.63, 3.8) is 0 Å². The van der Waals surface area contributed by atoms with E-state index in [-0.39, 0.29) is 5.91 Å². The highest BCUT2D eigenvalue weighted by molar-refractivity contribution is 5.76. The number of aromatic nitrogens is 2. The van der Waals surface area contributed by atoms with Crippen LogP contribution in [0.3, 0.4) is 0 Å². The molecule has 2 aliphatic rings. The fraction of sp³-hybridized carbons (Fsp3) is 0.750. The minimum Gasteiger partial charge on any atom is -0.378 e. The molecule has 0 bridgehead atoms. The van der Waals surface area contributed by atoms with Gasteiger partial charge < -0.3 is 9.64 Å². The molecule has 2 atom stereocenters. The number of carbonyl (C=O) groups excluding carboxylic acids is 1. The Balaban J connectivity index is 1.51. The van der Waals surface area contributed by atoms with Gasteiger partial charge in [0.15, 0.2) is 0 Å². The third-order valence-corrected chi connectivity index (χ3v) is 4.56. The Kier molecular flexibility index (Phi) is 4.58. The van der Waals surface area contributed by atoms with E-state index < -0.39 is 0 Å². The Morgan fingerprint density at radius 1 is 1.43 bits per heavy atom. The van der Waals surface area contributed by atoms with Crippen molar-refractivity contribution in [2.45, 2.75) is 57.6 Å². The highest BCUT2D eigenvalue weighted by atomic mass is 16.5. The summed E-state index contributed by atoms with van der Waals surface area (Å²) in [5.41, 5.74) is 1.18. The van der Waals surface area contributed by atoms with E-state index >= 15 is 0 Å². The van der Waals surface area contributed by atoms with Crippen molar-refractivity contribution in [2.75, 3.05) is 19.7 Å². The van der Waals surface area contributed by atoms with E-state index in [0.717, 1.165) is 51.8 Å². The maximum atomic E-state index is 12.4. The molecule has 2 aliphatic heterocycles. The molecule has 5 nitrogen and oxygen atoms in total. The number of nitrogens with zero attached hydrogens (tertiary/aromatic N) is 3. The smallest absolute Gasteiger partial charge is 0.222 e. The van der Waals surface area contributed by atoms with Gasteiger partial charge in [-0.1, -0.05) is 0 Å². The summed E-state index contributed by atoms with van der Waals surface area (Å²) in [4.78, 5) is 14.4. The quantitative estimate of drug-likeness (QED) is 0.855. The summed E-state index contributed by atoms with van der Waals surface area (Å²) in [5, 5.41) is 4.40. The lowest BCUT2D eigenvalue weighted by atomic mass is 10.0. The average molecular weight is 291 g/mol. The van der Waals surface area contributed by atoms with Crippen molar-refractivity contribution < 1.29 is 9.53 Å². The third kappa shape index (κ3) is 3.64. The minimum atomic E-state index is 0.277. The Morgan fingerprint density at radius 2 is 2.33 bits per heavy atom. The van der Waals surface area contributed by atoms with Gasteiger partial charge in [-0.25, -0.2) is 0 Å². The predicted molar refractivity (Wildman–Crippen MR) is 80.0 cm³/mol. The lowest BCUT2D eigenvalue weighted by Gasteiger charge is -2.33. The van der Waals surface area contributed by atoms with Gasteiger partial charge in [0.05, 0.1) is 18.3 Å². The summed E-state index contributed by atoms with van der Waals surface area (Å²) in [6.45, 7) is 4.60. The molecule has 2 fully saturated rings. The number of ether oxygens (including phenoxy) is 1. The molecule has 0 spiro atoms. The molecule has 21 heavy (non-hydrogen) atoms. The monoisotopic (exact) mass is 291 g/mol. The van der Waals surface area contributed by atoms with Gasteiger partial charge in [0.1, 0.15) is 0 Å². The summed E-state index contributed by atoms with van der Waals surface area (Å²) in [6.07, 6.45) is 10.2. The molecule has 0 aromatic carbocycles. The fourth-order valence-electron chi connectivity index (χ4n) is 3.34. The molecule has 2 saturated heterocycles. The van der Waals surface area contributed by atoms with Gasteiger partial charge in [0.25, 0.3) is 0 Å². The van der Waals surface area contributed by atoms with Crippen LogP contribution in [0.1, 0.15) is 50.1 Å². The molecule has 0 radical (unpaired) electrons. The lowest BCUT2D eigenvalue weighted by molar-refractivity contribution is -0.133. The number of likely N-dealkylation sites (tertiary alicyclic amines) is 1. The fourth-order valence-corrected chi connectivity index (χ4v) is 3.34. The second kappa shape index (κ2) is 6.60. The van der Waals surface area contributed by atoms with Gasteiger partial charge in [-0.2, -0.15) is 5.10 Å². The van der Waals surface area contributed by atoms with Crippen LogP contribution in [0, 0.1) is 6.92 Å². The number of hydrogen-bond donors (Lipinski definition) is 0. The average Bonchev–Trinajstić information content (AvgIpc) is 3.16. The molecule has 1 aromatic heterocycles. The summed E-state index contributed by atoms with van der Waals surface area (Å²) in [5.74, 6) is 0.277. The van der Waals surface area contributed by atoms with Crippen molar-refractivity contribution in [3.8, 4) is 0 Å². The molecule has 1 amide bonds. The second-order valence-electron chi connectivity index (χ2n) is 6.31. The van der Waals surface area contributed by atoms with Gasteiger partial charge in [-0.05, 0) is 44.6 Å². The highest BCUT2D eigenvalue weighted by Crippen LogP contribution is 2.23. The molecule has 1 aromatic rings. The number of rotatable bonds is 4. The number of carbonyl (C=O) groups is 1. The first-order valence-electron chi connectivity index (χ1n) is 8.12. The van der Waals surface area contributed by atoms with Crippen LogP contribution >= 0.6 is 0 Å². The van der Waals surface area contributed by atoms with Crippen LogP contribution in [0.15, 0.2) is 12.4 Å². The summed E-state index contributed by atoms with van der Waals surface area (Å²) in [7, 11) is 0. The van der Waals surface area contributed by atoms with E-state index in [1.165, 1.54) is 5.56 Å². The zero-order valence-corrected chi connectivity index (χ0v) is 12.8. The molecule has 3 heterocycles. The van der Waals surface area contributed by atoms with Gasteiger partial charge in [-0.3, -0.25) is 9.48 Å². The van der Waals surface area contributed by atoms with Crippen LogP contribution in [0.2, 0.25) is 0 Å². The van der Waals surface area contributed by atoms with Crippen molar-refractivity contribution in [1.29, 1.82) is 0 Å². The maximum absolute atomic E-state index is 12.4. The normalized spacial score (nSPS) is 26.2.